The van der Waals surface area contributed by atoms with Gasteiger partial charge in [0.1, 0.15) is 38.1 Å². The first-order chi connectivity index (χ1) is 25.2. The van der Waals surface area contributed by atoms with E-state index in [1.807, 2.05) is 0 Å². The van der Waals surface area contributed by atoms with Gasteiger partial charge in [-0.1, -0.05) is 51.8 Å². The molecule has 9 atom stereocenters. The number of hydrogen-bond acceptors (Lipinski definition) is 12. The van der Waals surface area contributed by atoms with Crippen LogP contribution in [-0.2, 0) is 42.8 Å². The average molecular weight is 751 g/mol. The van der Waals surface area contributed by atoms with Gasteiger partial charge in [-0.25, -0.2) is 14.4 Å². The van der Waals surface area contributed by atoms with Crippen LogP contribution in [0.5, 0.6) is 0 Å². The highest BCUT2D eigenvalue weighted by Gasteiger charge is 2.40. The Morgan fingerprint density at radius 3 is 1.17 bits per heavy atom. The first kappa shape index (κ1) is 44.8. The highest BCUT2D eigenvalue weighted by Crippen LogP contribution is 2.44. The predicted molar refractivity (Wildman–Crippen MR) is 199 cm³/mol. The summed E-state index contributed by atoms with van der Waals surface area (Å²) in [7, 11) is 0. The van der Waals surface area contributed by atoms with E-state index in [1.165, 1.54) is 0 Å². The van der Waals surface area contributed by atoms with E-state index >= 15 is 0 Å². The van der Waals surface area contributed by atoms with Gasteiger partial charge in [0, 0.05) is 16.7 Å². The lowest BCUT2D eigenvalue weighted by Crippen LogP contribution is -2.43. The molecule has 0 heterocycles. The molecular formula is C41H66O12. The number of aliphatic hydroxyl groups is 3. The Hall–Kier alpha value is -2.61. The molecule has 0 aromatic rings. The molecule has 9 unspecified atom stereocenters. The van der Waals surface area contributed by atoms with E-state index in [4.69, 9.17) is 28.4 Å². The molecule has 0 aromatic heterocycles. The molecule has 3 saturated carbocycles. The third kappa shape index (κ3) is 16.0. The van der Waals surface area contributed by atoms with Gasteiger partial charge in [-0.05, 0) is 95.8 Å². The molecule has 3 fully saturated rings. The van der Waals surface area contributed by atoms with Crippen molar-refractivity contribution in [3.05, 3.63) is 36.5 Å². The van der Waals surface area contributed by atoms with Crippen molar-refractivity contribution in [2.75, 3.05) is 39.6 Å². The molecule has 0 aromatic carbocycles. The summed E-state index contributed by atoms with van der Waals surface area (Å²) < 4.78 is 34.6. The van der Waals surface area contributed by atoms with E-state index in [-0.39, 0.29) is 98.3 Å². The van der Waals surface area contributed by atoms with Crippen molar-refractivity contribution >= 4 is 17.9 Å². The van der Waals surface area contributed by atoms with Crippen molar-refractivity contribution in [3.8, 4) is 0 Å². The van der Waals surface area contributed by atoms with Gasteiger partial charge in [-0.15, -0.1) is 0 Å². The second-order valence-electron chi connectivity index (χ2n) is 15.7. The van der Waals surface area contributed by atoms with Crippen LogP contribution in [0.1, 0.15) is 104 Å². The summed E-state index contributed by atoms with van der Waals surface area (Å²) in [6.07, 6.45) is 9.73. The van der Waals surface area contributed by atoms with Crippen molar-refractivity contribution in [2.45, 2.75) is 141 Å². The van der Waals surface area contributed by atoms with Gasteiger partial charge in [0.15, 0.2) is 0 Å². The molecule has 12 heteroatoms. The van der Waals surface area contributed by atoms with Gasteiger partial charge in [0.2, 0.25) is 0 Å². The summed E-state index contributed by atoms with van der Waals surface area (Å²) in [5.41, 5.74) is 0.815. The lowest BCUT2D eigenvalue weighted by molar-refractivity contribution is -0.146. The monoisotopic (exact) mass is 750 g/mol. The zero-order valence-electron chi connectivity index (χ0n) is 32.3. The summed E-state index contributed by atoms with van der Waals surface area (Å²) in [5, 5.41) is 31.7. The largest absolute Gasteiger partial charge is 0.460 e. The predicted octanol–water partition coefficient (Wildman–Crippen LogP) is 5.16. The zero-order chi connectivity index (χ0) is 38.9. The molecule has 3 aliphatic rings. The Labute approximate surface area is 316 Å². The fourth-order valence-corrected chi connectivity index (χ4v) is 7.96. The van der Waals surface area contributed by atoms with Crippen LogP contribution in [0.2, 0.25) is 0 Å². The second-order valence-corrected chi connectivity index (χ2v) is 15.7. The van der Waals surface area contributed by atoms with Crippen molar-refractivity contribution in [3.63, 3.8) is 0 Å². The van der Waals surface area contributed by atoms with Crippen molar-refractivity contribution < 1.29 is 58.1 Å². The van der Waals surface area contributed by atoms with E-state index in [0.717, 1.165) is 83.5 Å². The third-order valence-corrected chi connectivity index (χ3v) is 10.7. The summed E-state index contributed by atoms with van der Waals surface area (Å²) >= 11 is 0. The van der Waals surface area contributed by atoms with E-state index in [0.29, 0.717) is 0 Å². The van der Waals surface area contributed by atoms with E-state index in [2.05, 4.69) is 19.7 Å². The maximum Gasteiger partial charge on any atom is 0.333 e. The Bertz CT molecular complexity index is 1130. The molecule has 0 radical (unpaired) electrons. The molecule has 0 saturated heterocycles. The molecule has 3 aliphatic carbocycles. The molecule has 53 heavy (non-hydrogen) atoms. The SMILES string of the molecule is C=C(C)C(=O)OCC(O)COC1CCCCC1CC1CCCC(CC2CCCCC2OCC(O)COC(=O)C(=C)C)C1OCC(O)COC(=O)C(=C)C. The van der Waals surface area contributed by atoms with E-state index in [9.17, 15) is 29.7 Å². The molecule has 3 rings (SSSR count). The van der Waals surface area contributed by atoms with E-state index < -0.39 is 36.2 Å². The van der Waals surface area contributed by atoms with Gasteiger partial charge in [-0.3, -0.25) is 0 Å². The van der Waals surface area contributed by atoms with Crippen LogP contribution in [-0.4, -0.2) is 109 Å². The van der Waals surface area contributed by atoms with Gasteiger partial charge in [0.25, 0.3) is 0 Å². The number of rotatable bonds is 22. The van der Waals surface area contributed by atoms with Crippen LogP contribution < -0.4 is 0 Å². The van der Waals surface area contributed by atoms with Gasteiger partial charge in [-0.2, -0.15) is 0 Å². The van der Waals surface area contributed by atoms with E-state index in [1.54, 1.807) is 20.8 Å². The number of hydrogen-bond donors (Lipinski definition) is 3. The smallest absolute Gasteiger partial charge is 0.333 e. The first-order valence-electron chi connectivity index (χ1n) is 19.6. The van der Waals surface area contributed by atoms with Crippen molar-refractivity contribution in [2.24, 2.45) is 23.7 Å². The third-order valence-electron chi connectivity index (χ3n) is 10.7. The maximum absolute atomic E-state index is 12.0. The van der Waals surface area contributed by atoms with Crippen molar-refractivity contribution in [1.82, 2.24) is 0 Å². The van der Waals surface area contributed by atoms with Crippen molar-refractivity contribution in [1.29, 1.82) is 0 Å². The number of ether oxygens (including phenoxy) is 6. The fourth-order valence-electron chi connectivity index (χ4n) is 7.96. The maximum atomic E-state index is 12.0. The van der Waals surface area contributed by atoms with Crippen LogP contribution >= 0.6 is 0 Å². The molecule has 0 spiro atoms. The minimum absolute atomic E-state index is 0.0283. The van der Waals surface area contributed by atoms with Crippen LogP contribution in [0.15, 0.2) is 36.5 Å². The molecule has 12 nitrogen and oxygen atoms in total. The normalized spacial score (nSPS) is 27.8. The van der Waals surface area contributed by atoms with Crippen LogP contribution in [0.25, 0.3) is 0 Å². The standard InChI is InChI=1S/C41H66O12/c1-26(2)39(45)51-23-33(42)20-48-36-16-9-7-12-29(36)18-31-14-11-15-32(38(31)50-22-35(44)25-53-41(47)28(5)6)19-30-13-8-10-17-37(30)49-21-34(43)24-52-40(46)27(3)4/h29-38,42-44H,1,3,5,7-25H2,2,4,6H3. The topological polar surface area (TPSA) is 167 Å². The minimum atomic E-state index is -0.987. The van der Waals surface area contributed by atoms with Gasteiger partial charge >= 0.3 is 17.9 Å². The number of esters is 3. The Balaban J connectivity index is 1.68. The van der Waals surface area contributed by atoms with Crippen LogP contribution in [0.4, 0.5) is 0 Å². The number of carbonyl (C=O) groups is 3. The lowest BCUT2D eigenvalue weighted by Gasteiger charge is -2.44. The summed E-state index contributed by atoms with van der Waals surface area (Å²) in [6.45, 7) is 15.1. The average Bonchev–Trinajstić information content (AvgIpc) is 3.13. The highest BCUT2D eigenvalue weighted by atomic mass is 16.6. The Morgan fingerprint density at radius 2 is 0.811 bits per heavy atom. The first-order valence-corrected chi connectivity index (χ1v) is 19.6. The van der Waals surface area contributed by atoms with Gasteiger partial charge in [0.05, 0.1) is 38.1 Å². The fraction of sp³-hybridized carbons (Fsp3) is 0.780. The zero-order valence-corrected chi connectivity index (χ0v) is 32.3. The second kappa shape index (κ2) is 23.3. The highest BCUT2D eigenvalue weighted by molar-refractivity contribution is 5.87. The molecule has 0 bridgehead atoms. The summed E-state index contributed by atoms with van der Waals surface area (Å²) in [6, 6.07) is 0. The Kier molecular flexibility index (Phi) is 19.7. The van der Waals surface area contributed by atoms with Crippen LogP contribution in [0, 0.1) is 23.7 Å². The molecule has 0 amide bonds. The number of aliphatic hydroxyl groups excluding tert-OH is 3. The molecule has 302 valence electrons. The summed E-state index contributed by atoms with van der Waals surface area (Å²) in [4.78, 5) is 35.5. The molecular weight excluding hydrogens is 684 g/mol. The van der Waals surface area contributed by atoms with Gasteiger partial charge < -0.3 is 43.7 Å². The molecule has 0 aliphatic heterocycles. The minimum Gasteiger partial charge on any atom is -0.460 e. The lowest BCUT2D eigenvalue weighted by atomic mass is 9.68. The van der Waals surface area contributed by atoms with Crippen LogP contribution in [0.3, 0.4) is 0 Å². The summed E-state index contributed by atoms with van der Waals surface area (Å²) in [5.74, 6) is -0.691. The quantitative estimate of drug-likeness (QED) is 0.0757. The molecule has 3 N–H and O–H groups in total. The number of carbonyl (C=O) groups excluding carboxylic acids is 3. The Morgan fingerprint density at radius 1 is 0.491 bits per heavy atom.